The van der Waals surface area contributed by atoms with Gasteiger partial charge in [0.05, 0.1) is 6.33 Å². The molecule has 0 radical (unpaired) electrons. The first-order chi connectivity index (χ1) is 7.77. The molecular formula is C13H19N3. The lowest BCUT2D eigenvalue weighted by molar-refractivity contribution is 0.543. The number of nitrogens with zero attached hydrogens (tertiary/aromatic N) is 3. The Kier molecular flexibility index (Phi) is 3.44. The van der Waals surface area contributed by atoms with Gasteiger partial charge in [0.25, 0.3) is 0 Å². The Labute approximate surface area is 96.7 Å². The molecule has 0 spiro atoms. The van der Waals surface area contributed by atoms with Crippen molar-refractivity contribution in [3.63, 3.8) is 0 Å². The zero-order chi connectivity index (χ0) is 11.4. The zero-order valence-electron chi connectivity index (χ0n) is 10.1. The van der Waals surface area contributed by atoms with Crippen molar-refractivity contribution in [3.8, 4) is 0 Å². The van der Waals surface area contributed by atoms with Crippen LogP contribution in [0.1, 0.15) is 24.2 Å². The first-order valence-electron chi connectivity index (χ1n) is 5.86. The van der Waals surface area contributed by atoms with E-state index in [0.29, 0.717) is 0 Å². The van der Waals surface area contributed by atoms with Gasteiger partial charge in [-0.2, -0.15) is 0 Å². The summed E-state index contributed by atoms with van der Waals surface area (Å²) in [6.45, 7) is 6.53. The van der Waals surface area contributed by atoms with Crippen molar-refractivity contribution >= 4 is 0 Å². The Bertz CT molecular complexity index is 406. The van der Waals surface area contributed by atoms with Crippen molar-refractivity contribution in [2.45, 2.75) is 39.8 Å². The fraction of sp³-hybridized carbons (Fsp3) is 0.462. The minimum atomic E-state index is 1.07. The molecule has 0 aliphatic heterocycles. The Morgan fingerprint density at radius 2 is 1.75 bits per heavy atom. The van der Waals surface area contributed by atoms with Crippen LogP contribution in [0, 0.1) is 13.8 Å². The van der Waals surface area contributed by atoms with Gasteiger partial charge in [-0.05, 0) is 38.8 Å². The summed E-state index contributed by atoms with van der Waals surface area (Å²) >= 11 is 0. The quantitative estimate of drug-likeness (QED) is 0.706. The standard InChI is InChI=1S/C13H19N3/c1-12-5-6-13(2)16(12)9-4-3-8-15-10-7-14-11-15/h5-7,10-11H,3-4,8-9H2,1-2H3. The molecule has 3 nitrogen and oxygen atoms in total. The summed E-state index contributed by atoms with van der Waals surface area (Å²) in [5, 5.41) is 0. The van der Waals surface area contributed by atoms with E-state index >= 15 is 0 Å². The lowest BCUT2D eigenvalue weighted by Crippen LogP contribution is -2.03. The van der Waals surface area contributed by atoms with Gasteiger partial charge < -0.3 is 9.13 Å². The molecule has 2 aromatic heterocycles. The predicted octanol–water partition coefficient (Wildman–Crippen LogP) is 2.78. The molecule has 3 heteroatoms. The average molecular weight is 217 g/mol. The summed E-state index contributed by atoms with van der Waals surface area (Å²) < 4.78 is 4.52. The van der Waals surface area contributed by atoms with E-state index in [9.17, 15) is 0 Å². The third kappa shape index (κ3) is 2.54. The summed E-state index contributed by atoms with van der Waals surface area (Å²) in [7, 11) is 0. The fourth-order valence-electron chi connectivity index (χ4n) is 2.04. The van der Waals surface area contributed by atoms with Crippen LogP contribution in [0.15, 0.2) is 30.9 Å². The van der Waals surface area contributed by atoms with Gasteiger partial charge in [0.2, 0.25) is 0 Å². The van der Waals surface area contributed by atoms with Crippen LogP contribution in [0.3, 0.4) is 0 Å². The molecule has 0 N–H and O–H groups in total. The minimum Gasteiger partial charge on any atom is -0.349 e. The topological polar surface area (TPSA) is 22.8 Å². The van der Waals surface area contributed by atoms with Crippen LogP contribution in [0.5, 0.6) is 0 Å². The van der Waals surface area contributed by atoms with E-state index in [-0.39, 0.29) is 0 Å². The molecule has 16 heavy (non-hydrogen) atoms. The van der Waals surface area contributed by atoms with Crippen molar-refractivity contribution in [2.75, 3.05) is 0 Å². The molecular weight excluding hydrogens is 198 g/mol. The van der Waals surface area contributed by atoms with Gasteiger partial charge in [0, 0.05) is 36.9 Å². The van der Waals surface area contributed by atoms with Gasteiger partial charge in [-0.1, -0.05) is 0 Å². The van der Waals surface area contributed by atoms with Crippen LogP contribution in [0.4, 0.5) is 0 Å². The SMILES string of the molecule is Cc1ccc(C)n1CCCCn1ccnc1. The van der Waals surface area contributed by atoms with Gasteiger partial charge >= 0.3 is 0 Å². The minimum absolute atomic E-state index is 1.07. The smallest absolute Gasteiger partial charge is 0.0945 e. The lowest BCUT2D eigenvalue weighted by atomic mass is 10.3. The van der Waals surface area contributed by atoms with E-state index < -0.39 is 0 Å². The molecule has 2 aromatic rings. The average Bonchev–Trinajstić information content (AvgIpc) is 2.87. The molecule has 0 fully saturated rings. The van der Waals surface area contributed by atoms with E-state index in [1.165, 1.54) is 24.2 Å². The molecule has 0 atom stereocenters. The lowest BCUT2D eigenvalue weighted by Gasteiger charge is -2.09. The summed E-state index contributed by atoms with van der Waals surface area (Å²) in [5.74, 6) is 0. The second-order valence-electron chi connectivity index (χ2n) is 4.28. The Hall–Kier alpha value is -1.51. The summed E-state index contributed by atoms with van der Waals surface area (Å²) in [5.41, 5.74) is 2.72. The van der Waals surface area contributed by atoms with Crippen LogP contribution in [-0.4, -0.2) is 14.1 Å². The van der Waals surface area contributed by atoms with Crippen LogP contribution in [-0.2, 0) is 13.1 Å². The number of unbranched alkanes of at least 4 members (excludes halogenated alkanes) is 1. The van der Waals surface area contributed by atoms with Crippen molar-refractivity contribution in [2.24, 2.45) is 0 Å². The molecule has 0 bridgehead atoms. The van der Waals surface area contributed by atoms with Crippen molar-refractivity contribution in [3.05, 3.63) is 42.2 Å². The van der Waals surface area contributed by atoms with E-state index in [0.717, 1.165) is 13.1 Å². The van der Waals surface area contributed by atoms with E-state index in [4.69, 9.17) is 0 Å². The van der Waals surface area contributed by atoms with Gasteiger partial charge in [-0.3, -0.25) is 0 Å². The van der Waals surface area contributed by atoms with Crippen LogP contribution in [0.2, 0.25) is 0 Å². The van der Waals surface area contributed by atoms with Gasteiger partial charge in [0.1, 0.15) is 0 Å². The molecule has 86 valence electrons. The summed E-state index contributed by atoms with van der Waals surface area (Å²) in [6, 6.07) is 4.37. The van der Waals surface area contributed by atoms with Crippen LogP contribution < -0.4 is 0 Å². The number of hydrogen-bond acceptors (Lipinski definition) is 1. The number of imidazole rings is 1. The predicted molar refractivity (Wildman–Crippen MR) is 65.4 cm³/mol. The van der Waals surface area contributed by atoms with E-state index in [2.05, 4.69) is 40.1 Å². The monoisotopic (exact) mass is 217 g/mol. The Morgan fingerprint density at radius 3 is 2.38 bits per heavy atom. The van der Waals surface area contributed by atoms with Crippen molar-refractivity contribution in [1.29, 1.82) is 0 Å². The maximum absolute atomic E-state index is 4.04. The van der Waals surface area contributed by atoms with E-state index in [1.54, 1.807) is 0 Å². The van der Waals surface area contributed by atoms with Gasteiger partial charge in [-0.25, -0.2) is 4.98 Å². The molecule has 0 aliphatic carbocycles. The Balaban J connectivity index is 1.76. The van der Waals surface area contributed by atoms with Crippen molar-refractivity contribution in [1.82, 2.24) is 14.1 Å². The largest absolute Gasteiger partial charge is 0.349 e. The molecule has 0 saturated carbocycles. The number of hydrogen-bond donors (Lipinski definition) is 0. The number of aromatic nitrogens is 3. The number of rotatable bonds is 5. The number of aryl methyl sites for hydroxylation is 3. The zero-order valence-corrected chi connectivity index (χ0v) is 10.1. The maximum atomic E-state index is 4.04. The molecule has 0 aliphatic rings. The van der Waals surface area contributed by atoms with Crippen molar-refractivity contribution < 1.29 is 0 Å². The first-order valence-corrected chi connectivity index (χ1v) is 5.86. The third-order valence-corrected chi connectivity index (χ3v) is 3.02. The highest BCUT2D eigenvalue weighted by Crippen LogP contribution is 2.09. The molecule has 0 unspecified atom stereocenters. The molecule has 0 amide bonds. The Morgan fingerprint density at radius 1 is 1.06 bits per heavy atom. The molecule has 2 heterocycles. The highest BCUT2D eigenvalue weighted by atomic mass is 15.0. The maximum Gasteiger partial charge on any atom is 0.0945 e. The normalized spacial score (nSPS) is 10.9. The van der Waals surface area contributed by atoms with E-state index in [1.807, 2.05) is 18.7 Å². The summed E-state index contributed by atoms with van der Waals surface area (Å²) in [4.78, 5) is 4.04. The third-order valence-electron chi connectivity index (χ3n) is 3.02. The summed E-state index contributed by atoms with van der Waals surface area (Å²) in [6.07, 6.45) is 8.15. The highest BCUT2D eigenvalue weighted by Gasteiger charge is 2.00. The second kappa shape index (κ2) is 5.01. The van der Waals surface area contributed by atoms with Gasteiger partial charge in [-0.15, -0.1) is 0 Å². The molecule has 0 saturated heterocycles. The molecule has 0 aromatic carbocycles. The van der Waals surface area contributed by atoms with Crippen LogP contribution >= 0.6 is 0 Å². The first kappa shape index (κ1) is 11.0. The van der Waals surface area contributed by atoms with Crippen LogP contribution in [0.25, 0.3) is 0 Å². The highest BCUT2D eigenvalue weighted by molar-refractivity contribution is 5.13. The van der Waals surface area contributed by atoms with Gasteiger partial charge in [0.15, 0.2) is 0 Å². The fourth-order valence-corrected chi connectivity index (χ4v) is 2.04. The molecule has 2 rings (SSSR count). The second-order valence-corrected chi connectivity index (χ2v) is 4.28.